The van der Waals surface area contributed by atoms with Crippen molar-refractivity contribution in [3.63, 3.8) is 0 Å². The van der Waals surface area contributed by atoms with Gasteiger partial charge in [-0.2, -0.15) is 0 Å². The van der Waals surface area contributed by atoms with E-state index in [2.05, 4.69) is 65.8 Å². The standard InChI is InChI=1S/C42H47N3O5/c1-42(32-13-7-3-8-14-32)21-24-45(25-22-42)40(49)28-30-15-19-38(35(27-30)31-11-5-2-6-12-31)50-26-10-4-9-23-43-29-37(47)33-16-18-36(46)41-34(33)17-20-39(48)44-41/h2-3,5-8,11-20,27,37,43,46-47H,4,9-10,21-26,28-29H2,1H3,(H,44,48). The molecule has 8 heteroatoms. The first-order chi connectivity index (χ1) is 24.3. The van der Waals surface area contributed by atoms with Gasteiger partial charge in [-0.05, 0) is 90.6 Å². The zero-order valence-electron chi connectivity index (χ0n) is 28.7. The number of nitrogens with one attached hydrogen (secondary N) is 2. The summed E-state index contributed by atoms with van der Waals surface area (Å²) in [5.41, 5.74) is 5.17. The minimum Gasteiger partial charge on any atom is -0.506 e. The summed E-state index contributed by atoms with van der Waals surface area (Å²) < 4.78 is 6.29. The van der Waals surface area contributed by atoms with Crippen molar-refractivity contribution >= 4 is 16.8 Å². The number of amides is 1. The summed E-state index contributed by atoms with van der Waals surface area (Å²) in [7, 11) is 0. The SMILES string of the molecule is CC1(c2ccccc2)CCN(C(=O)Cc2ccc(OCCCCCNCC(O)c3ccc(O)c4[nH]c(=O)ccc34)c(-c3ccccc3)c2)CC1. The van der Waals surface area contributed by atoms with Crippen LogP contribution in [0.4, 0.5) is 0 Å². The Labute approximate surface area is 293 Å². The predicted octanol–water partition coefficient (Wildman–Crippen LogP) is 6.90. The fourth-order valence-electron chi connectivity index (χ4n) is 6.93. The number of nitrogens with zero attached hydrogens (tertiary/aromatic N) is 1. The number of likely N-dealkylation sites (tertiary alicyclic amines) is 1. The van der Waals surface area contributed by atoms with Crippen LogP contribution in [-0.4, -0.2) is 58.8 Å². The Kier molecular flexibility index (Phi) is 11.3. The Morgan fingerprint density at radius 2 is 1.66 bits per heavy atom. The zero-order valence-corrected chi connectivity index (χ0v) is 28.7. The lowest BCUT2D eigenvalue weighted by atomic mass is 9.74. The lowest BCUT2D eigenvalue weighted by Gasteiger charge is -2.40. The third-order valence-electron chi connectivity index (χ3n) is 10.0. The number of ether oxygens (including phenoxy) is 1. The Bertz CT molecular complexity index is 1930. The summed E-state index contributed by atoms with van der Waals surface area (Å²) >= 11 is 0. The average molecular weight is 674 g/mol. The number of aromatic hydroxyl groups is 1. The molecule has 1 fully saturated rings. The van der Waals surface area contributed by atoms with Crippen LogP contribution in [0.1, 0.15) is 61.8 Å². The Hall–Kier alpha value is -4.92. The number of carbonyl (C=O) groups excluding carboxylic acids is 1. The number of unbranched alkanes of at least 4 members (excludes halogenated alkanes) is 2. The fourth-order valence-corrected chi connectivity index (χ4v) is 6.93. The van der Waals surface area contributed by atoms with Gasteiger partial charge in [0.05, 0.1) is 24.6 Å². The number of rotatable bonds is 14. The number of H-pyrrole nitrogens is 1. The molecule has 1 saturated heterocycles. The number of pyridine rings is 1. The second-order valence-electron chi connectivity index (χ2n) is 13.6. The second-order valence-corrected chi connectivity index (χ2v) is 13.6. The number of carbonyl (C=O) groups is 1. The first kappa shape index (κ1) is 34.9. The smallest absolute Gasteiger partial charge is 0.248 e. The van der Waals surface area contributed by atoms with Gasteiger partial charge in [-0.3, -0.25) is 9.59 Å². The molecule has 5 aromatic rings. The van der Waals surface area contributed by atoms with E-state index in [9.17, 15) is 19.8 Å². The molecule has 6 rings (SSSR count). The summed E-state index contributed by atoms with van der Waals surface area (Å²) in [5.74, 6) is 0.959. The van der Waals surface area contributed by atoms with Gasteiger partial charge in [-0.25, -0.2) is 0 Å². The van der Waals surface area contributed by atoms with E-state index in [-0.39, 0.29) is 22.6 Å². The second kappa shape index (κ2) is 16.2. The molecule has 0 saturated carbocycles. The van der Waals surface area contributed by atoms with Crippen LogP contribution in [0.3, 0.4) is 0 Å². The number of aliphatic hydroxyl groups is 1. The van der Waals surface area contributed by atoms with E-state index in [1.807, 2.05) is 35.2 Å². The van der Waals surface area contributed by atoms with Gasteiger partial charge < -0.3 is 30.2 Å². The highest BCUT2D eigenvalue weighted by Crippen LogP contribution is 2.36. The van der Waals surface area contributed by atoms with E-state index in [1.54, 1.807) is 12.1 Å². The molecule has 4 N–H and O–H groups in total. The van der Waals surface area contributed by atoms with Gasteiger partial charge in [-0.15, -0.1) is 0 Å². The minimum atomic E-state index is -0.780. The molecule has 260 valence electrons. The first-order valence-electron chi connectivity index (χ1n) is 17.7. The van der Waals surface area contributed by atoms with Crippen LogP contribution in [-0.2, 0) is 16.6 Å². The first-order valence-corrected chi connectivity index (χ1v) is 17.7. The zero-order chi connectivity index (χ0) is 34.9. The lowest BCUT2D eigenvalue weighted by Crippen LogP contribution is -2.44. The van der Waals surface area contributed by atoms with Gasteiger partial charge in [0.15, 0.2) is 0 Å². The molecule has 0 bridgehead atoms. The van der Waals surface area contributed by atoms with E-state index in [0.717, 1.165) is 74.2 Å². The van der Waals surface area contributed by atoms with Crippen molar-refractivity contribution in [1.82, 2.24) is 15.2 Å². The molecule has 1 amide bonds. The van der Waals surface area contributed by atoms with Crippen molar-refractivity contribution in [3.8, 4) is 22.6 Å². The molecule has 8 nitrogen and oxygen atoms in total. The highest BCUT2D eigenvalue weighted by molar-refractivity contribution is 5.87. The summed E-state index contributed by atoms with van der Waals surface area (Å²) in [5, 5.41) is 24.8. The molecule has 1 aliphatic rings. The number of hydrogen-bond donors (Lipinski definition) is 4. The minimum absolute atomic E-state index is 0.0224. The van der Waals surface area contributed by atoms with Gasteiger partial charge in [-0.1, -0.05) is 79.7 Å². The summed E-state index contributed by atoms with van der Waals surface area (Å²) in [6, 6.07) is 33.1. The monoisotopic (exact) mass is 673 g/mol. The maximum Gasteiger partial charge on any atom is 0.248 e. The number of benzene rings is 4. The molecule has 4 aromatic carbocycles. The van der Waals surface area contributed by atoms with Gasteiger partial charge in [0.1, 0.15) is 11.5 Å². The maximum absolute atomic E-state index is 13.4. The quantitative estimate of drug-likeness (QED) is 0.0955. The van der Waals surface area contributed by atoms with Crippen LogP contribution < -0.4 is 15.6 Å². The van der Waals surface area contributed by atoms with Crippen molar-refractivity contribution in [3.05, 3.63) is 130 Å². The van der Waals surface area contributed by atoms with Gasteiger partial charge >= 0.3 is 0 Å². The number of hydrogen-bond acceptors (Lipinski definition) is 6. The molecular weight excluding hydrogens is 626 g/mol. The molecule has 1 aliphatic heterocycles. The number of fused-ring (bicyclic) bond motifs is 1. The highest BCUT2D eigenvalue weighted by Gasteiger charge is 2.33. The van der Waals surface area contributed by atoms with Gasteiger partial charge in [0.2, 0.25) is 11.5 Å². The summed E-state index contributed by atoms with van der Waals surface area (Å²) in [4.78, 5) is 29.7. The van der Waals surface area contributed by atoms with Crippen LogP contribution in [0.15, 0.2) is 108 Å². The van der Waals surface area contributed by atoms with Crippen LogP contribution in [0.5, 0.6) is 11.5 Å². The van der Waals surface area contributed by atoms with Crippen molar-refractivity contribution < 1.29 is 19.7 Å². The summed E-state index contributed by atoms with van der Waals surface area (Å²) in [6.07, 6.45) is 4.27. The molecule has 1 unspecified atom stereocenters. The topological polar surface area (TPSA) is 115 Å². The summed E-state index contributed by atoms with van der Waals surface area (Å²) in [6.45, 7) is 5.52. The number of aliphatic hydroxyl groups excluding tert-OH is 1. The van der Waals surface area contributed by atoms with E-state index in [0.29, 0.717) is 36.0 Å². The van der Waals surface area contributed by atoms with Crippen molar-refractivity contribution in [1.29, 1.82) is 0 Å². The fraction of sp³-hybridized carbons (Fsp3) is 0.333. The number of aromatic nitrogens is 1. The van der Waals surface area contributed by atoms with Crippen LogP contribution in [0, 0.1) is 0 Å². The molecule has 1 atom stereocenters. The number of phenolic OH excluding ortho intramolecular Hbond substituents is 1. The molecule has 50 heavy (non-hydrogen) atoms. The maximum atomic E-state index is 13.4. The average Bonchev–Trinajstić information content (AvgIpc) is 3.14. The molecule has 1 aromatic heterocycles. The molecule has 0 spiro atoms. The van der Waals surface area contributed by atoms with E-state index in [4.69, 9.17) is 4.74 Å². The number of aromatic amines is 1. The van der Waals surface area contributed by atoms with Crippen LogP contribution in [0.25, 0.3) is 22.0 Å². The van der Waals surface area contributed by atoms with Gasteiger partial charge in [0, 0.05) is 36.7 Å². The molecule has 2 heterocycles. The number of phenols is 1. The van der Waals surface area contributed by atoms with Crippen molar-refractivity contribution in [2.75, 3.05) is 32.8 Å². The van der Waals surface area contributed by atoms with Crippen molar-refractivity contribution in [2.45, 2.75) is 57.0 Å². The largest absolute Gasteiger partial charge is 0.506 e. The van der Waals surface area contributed by atoms with Crippen LogP contribution >= 0.6 is 0 Å². The van der Waals surface area contributed by atoms with E-state index < -0.39 is 6.10 Å². The van der Waals surface area contributed by atoms with E-state index in [1.165, 1.54) is 17.7 Å². The predicted molar refractivity (Wildman–Crippen MR) is 199 cm³/mol. The third-order valence-corrected chi connectivity index (χ3v) is 10.0. The van der Waals surface area contributed by atoms with Crippen molar-refractivity contribution in [2.24, 2.45) is 0 Å². The Morgan fingerprint density at radius 3 is 2.42 bits per heavy atom. The lowest BCUT2D eigenvalue weighted by molar-refractivity contribution is -0.132. The number of piperidine rings is 1. The molecule has 0 aliphatic carbocycles. The Morgan fingerprint density at radius 1 is 0.920 bits per heavy atom. The third kappa shape index (κ3) is 8.44. The van der Waals surface area contributed by atoms with E-state index >= 15 is 0 Å². The van der Waals surface area contributed by atoms with Crippen LogP contribution in [0.2, 0.25) is 0 Å². The highest BCUT2D eigenvalue weighted by atomic mass is 16.5. The van der Waals surface area contributed by atoms with Gasteiger partial charge in [0.25, 0.3) is 0 Å². The Balaban J connectivity index is 0.971. The normalized spacial score (nSPS) is 14.8. The molecule has 0 radical (unpaired) electrons. The molecular formula is C42H47N3O5.